The van der Waals surface area contributed by atoms with Crippen molar-refractivity contribution in [3.8, 4) is 5.75 Å². The van der Waals surface area contributed by atoms with E-state index in [-0.39, 0.29) is 36.3 Å². The second-order valence-electron chi connectivity index (χ2n) is 6.51. The van der Waals surface area contributed by atoms with E-state index in [4.69, 9.17) is 9.47 Å². The average molecular weight is 383 g/mol. The van der Waals surface area contributed by atoms with Crippen LogP contribution in [-0.4, -0.2) is 45.9 Å². The molecule has 9 heteroatoms. The van der Waals surface area contributed by atoms with Crippen LogP contribution in [-0.2, 0) is 17.6 Å². The van der Waals surface area contributed by atoms with E-state index >= 15 is 0 Å². The number of ether oxygens (including phenoxy) is 2. The van der Waals surface area contributed by atoms with Gasteiger partial charge in [-0.1, -0.05) is 6.07 Å². The van der Waals surface area contributed by atoms with Crippen LogP contribution < -0.4 is 4.74 Å². The second kappa shape index (κ2) is 7.59. The number of benzene rings is 1. The largest absolute Gasteiger partial charge is 0.471 e. The molecule has 1 saturated heterocycles. The lowest BCUT2D eigenvalue weighted by Gasteiger charge is -2.34. The van der Waals surface area contributed by atoms with Crippen molar-refractivity contribution in [3.05, 3.63) is 47.8 Å². The summed E-state index contributed by atoms with van der Waals surface area (Å²) < 4.78 is 50.5. The van der Waals surface area contributed by atoms with Gasteiger partial charge in [0.05, 0.1) is 17.8 Å². The molecule has 0 saturated carbocycles. The zero-order chi connectivity index (χ0) is 19.6. The van der Waals surface area contributed by atoms with Crippen LogP contribution in [0.15, 0.2) is 36.5 Å². The Labute approximate surface area is 154 Å². The van der Waals surface area contributed by atoms with Gasteiger partial charge in [-0.25, -0.2) is 4.68 Å². The van der Waals surface area contributed by atoms with Gasteiger partial charge in [0.25, 0.3) is 5.91 Å². The van der Waals surface area contributed by atoms with Crippen molar-refractivity contribution in [2.45, 2.75) is 39.0 Å². The van der Waals surface area contributed by atoms with Gasteiger partial charge in [0.2, 0.25) is 0 Å². The maximum atomic E-state index is 12.7. The third kappa shape index (κ3) is 4.79. The first-order valence-electron chi connectivity index (χ1n) is 8.50. The molecule has 1 aromatic heterocycles. The molecular weight excluding hydrogens is 363 g/mol. The SMILES string of the molecule is C[C@@H]1CN(C(=O)c2ccn(COc3cccc(C(F)(F)F)c3)n2)C[C@@H](C)O1. The molecule has 0 N–H and O–H groups in total. The second-order valence-corrected chi connectivity index (χ2v) is 6.51. The van der Waals surface area contributed by atoms with E-state index in [1.807, 2.05) is 13.8 Å². The van der Waals surface area contributed by atoms with Crippen LogP contribution in [0, 0.1) is 0 Å². The van der Waals surface area contributed by atoms with Crippen LogP contribution in [0.1, 0.15) is 29.9 Å². The van der Waals surface area contributed by atoms with Gasteiger partial charge in [-0.05, 0) is 38.1 Å². The molecule has 1 aromatic carbocycles. The quantitative estimate of drug-likeness (QED) is 0.814. The number of rotatable bonds is 4. The first-order valence-corrected chi connectivity index (χ1v) is 8.50. The highest BCUT2D eigenvalue weighted by atomic mass is 19.4. The highest BCUT2D eigenvalue weighted by Gasteiger charge is 2.30. The zero-order valence-electron chi connectivity index (χ0n) is 14.9. The number of alkyl halides is 3. The number of hydrogen-bond donors (Lipinski definition) is 0. The lowest BCUT2D eigenvalue weighted by Crippen LogP contribution is -2.48. The fourth-order valence-corrected chi connectivity index (χ4v) is 2.96. The lowest BCUT2D eigenvalue weighted by atomic mass is 10.2. The molecule has 27 heavy (non-hydrogen) atoms. The molecule has 6 nitrogen and oxygen atoms in total. The van der Waals surface area contributed by atoms with E-state index in [1.54, 1.807) is 17.2 Å². The Hall–Kier alpha value is -2.55. The third-order valence-corrected chi connectivity index (χ3v) is 4.09. The molecule has 2 atom stereocenters. The molecule has 0 aliphatic carbocycles. The van der Waals surface area contributed by atoms with Crippen molar-refractivity contribution >= 4 is 5.91 Å². The highest BCUT2D eigenvalue weighted by Crippen LogP contribution is 2.31. The van der Waals surface area contributed by atoms with Crippen LogP contribution >= 0.6 is 0 Å². The maximum Gasteiger partial charge on any atom is 0.416 e. The number of carbonyl (C=O) groups excluding carboxylic acids is 1. The molecule has 0 unspecified atom stereocenters. The molecule has 0 bridgehead atoms. The summed E-state index contributed by atoms with van der Waals surface area (Å²) in [5, 5.41) is 4.16. The van der Waals surface area contributed by atoms with Crippen molar-refractivity contribution < 1.29 is 27.4 Å². The summed E-state index contributed by atoms with van der Waals surface area (Å²) in [6.45, 7) is 4.66. The molecule has 1 aliphatic heterocycles. The Morgan fingerprint density at radius 2 is 1.96 bits per heavy atom. The van der Waals surface area contributed by atoms with E-state index < -0.39 is 11.7 Å². The summed E-state index contributed by atoms with van der Waals surface area (Å²) in [5.74, 6) is -0.140. The van der Waals surface area contributed by atoms with E-state index in [9.17, 15) is 18.0 Å². The summed E-state index contributed by atoms with van der Waals surface area (Å²) in [4.78, 5) is 14.2. The Balaban J connectivity index is 1.62. The fraction of sp³-hybridized carbons (Fsp3) is 0.444. The van der Waals surface area contributed by atoms with Crippen LogP contribution in [0.2, 0.25) is 0 Å². The van der Waals surface area contributed by atoms with Crippen molar-refractivity contribution in [3.63, 3.8) is 0 Å². The molecule has 1 aliphatic rings. The van der Waals surface area contributed by atoms with Crippen LogP contribution in [0.25, 0.3) is 0 Å². The van der Waals surface area contributed by atoms with E-state index in [0.29, 0.717) is 13.1 Å². The third-order valence-electron chi connectivity index (χ3n) is 4.09. The van der Waals surface area contributed by atoms with Crippen molar-refractivity contribution in [2.24, 2.45) is 0 Å². The van der Waals surface area contributed by atoms with E-state index in [1.165, 1.54) is 16.8 Å². The van der Waals surface area contributed by atoms with Gasteiger partial charge in [0.15, 0.2) is 12.4 Å². The minimum absolute atomic E-state index is 0.0518. The summed E-state index contributed by atoms with van der Waals surface area (Å²) >= 11 is 0. The minimum Gasteiger partial charge on any atom is -0.471 e. The minimum atomic E-state index is -4.43. The number of amides is 1. The Morgan fingerprint density at radius 1 is 1.26 bits per heavy atom. The van der Waals surface area contributed by atoms with Gasteiger partial charge >= 0.3 is 6.18 Å². The number of aromatic nitrogens is 2. The molecule has 146 valence electrons. The molecule has 0 radical (unpaired) electrons. The standard InChI is InChI=1S/C18H20F3N3O3/c1-12-9-23(10-13(2)27-12)17(25)16-6-7-24(22-16)11-26-15-5-3-4-14(8-15)18(19,20)21/h3-8,12-13H,9-11H2,1-2H3/t12-,13-/m1/s1. The van der Waals surface area contributed by atoms with Crippen LogP contribution in [0.4, 0.5) is 13.2 Å². The topological polar surface area (TPSA) is 56.6 Å². The summed E-state index contributed by atoms with van der Waals surface area (Å²) in [7, 11) is 0. The molecular formula is C18H20F3N3O3. The normalized spacial score (nSPS) is 20.6. The molecule has 1 fully saturated rings. The molecule has 1 amide bonds. The van der Waals surface area contributed by atoms with Crippen LogP contribution in [0.5, 0.6) is 5.75 Å². The van der Waals surface area contributed by atoms with Crippen LogP contribution in [0.3, 0.4) is 0 Å². The number of morpholine rings is 1. The van der Waals surface area contributed by atoms with Crippen molar-refractivity contribution in [1.29, 1.82) is 0 Å². The molecule has 2 aromatic rings. The zero-order valence-corrected chi connectivity index (χ0v) is 14.9. The Kier molecular flexibility index (Phi) is 5.41. The van der Waals surface area contributed by atoms with Gasteiger partial charge < -0.3 is 14.4 Å². The Bertz CT molecular complexity index is 796. The molecule has 2 heterocycles. The number of carbonyl (C=O) groups is 1. The molecule has 3 rings (SSSR count). The number of nitrogens with zero attached hydrogens (tertiary/aromatic N) is 3. The van der Waals surface area contributed by atoms with E-state index in [2.05, 4.69) is 5.10 Å². The summed E-state index contributed by atoms with van der Waals surface area (Å²) in [6, 6.07) is 6.16. The number of halogens is 3. The maximum absolute atomic E-state index is 12.7. The van der Waals surface area contributed by atoms with Gasteiger partial charge in [-0.15, -0.1) is 0 Å². The van der Waals surface area contributed by atoms with Gasteiger partial charge in [-0.3, -0.25) is 4.79 Å². The van der Waals surface area contributed by atoms with Gasteiger partial charge in [0.1, 0.15) is 5.75 Å². The smallest absolute Gasteiger partial charge is 0.416 e. The number of hydrogen-bond acceptors (Lipinski definition) is 4. The predicted molar refractivity (Wildman–Crippen MR) is 90.2 cm³/mol. The van der Waals surface area contributed by atoms with Crippen molar-refractivity contribution in [1.82, 2.24) is 14.7 Å². The van der Waals surface area contributed by atoms with E-state index in [0.717, 1.165) is 12.1 Å². The summed E-state index contributed by atoms with van der Waals surface area (Å²) in [5.41, 5.74) is -0.532. The first-order chi connectivity index (χ1) is 12.7. The first kappa shape index (κ1) is 19.2. The van der Waals surface area contributed by atoms with Gasteiger partial charge in [-0.2, -0.15) is 18.3 Å². The average Bonchev–Trinajstić information content (AvgIpc) is 3.07. The Morgan fingerprint density at radius 3 is 2.63 bits per heavy atom. The van der Waals surface area contributed by atoms with Gasteiger partial charge in [0, 0.05) is 19.3 Å². The highest BCUT2D eigenvalue weighted by molar-refractivity contribution is 5.92. The fourth-order valence-electron chi connectivity index (χ4n) is 2.96. The monoisotopic (exact) mass is 383 g/mol. The lowest BCUT2D eigenvalue weighted by molar-refractivity contribution is -0.137. The predicted octanol–water partition coefficient (Wildman–Crippen LogP) is 3.19. The molecule has 0 spiro atoms. The summed E-state index contributed by atoms with van der Waals surface area (Å²) in [6.07, 6.45) is -2.99. The van der Waals surface area contributed by atoms with Crippen molar-refractivity contribution in [2.75, 3.05) is 13.1 Å².